The first-order valence-electron chi connectivity index (χ1n) is 6.49. The van der Waals surface area contributed by atoms with Gasteiger partial charge in [0.15, 0.2) is 9.84 Å². The van der Waals surface area contributed by atoms with Gasteiger partial charge in [-0.25, -0.2) is 8.42 Å². The van der Waals surface area contributed by atoms with E-state index in [4.69, 9.17) is 10.5 Å². The van der Waals surface area contributed by atoms with Crippen molar-refractivity contribution in [3.8, 4) is 5.75 Å². The van der Waals surface area contributed by atoms with Gasteiger partial charge in [-0.1, -0.05) is 0 Å². The lowest BCUT2D eigenvalue weighted by Crippen LogP contribution is -2.10. The number of ether oxygens (including phenoxy) is 1. The Kier molecular flexibility index (Phi) is 4.82. The zero-order valence-electron chi connectivity index (χ0n) is 11.7. The maximum absolute atomic E-state index is 11.4. The van der Waals surface area contributed by atoms with Crippen LogP contribution in [-0.4, -0.2) is 27.8 Å². The molecule has 2 rings (SSSR count). The Balaban J connectivity index is 2.04. The molecule has 21 heavy (non-hydrogen) atoms. The van der Waals surface area contributed by atoms with Crippen molar-refractivity contribution in [2.24, 2.45) is 5.73 Å². The van der Waals surface area contributed by atoms with Crippen LogP contribution in [-0.2, 0) is 9.84 Å². The number of rotatable bonds is 6. The second-order valence-electron chi connectivity index (χ2n) is 4.58. The Bertz CT molecular complexity index is 680. The molecule has 0 aliphatic carbocycles. The van der Waals surface area contributed by atoms with E-state index in [-0.39, 0.29) is 0 Å². The molecule has 0 saturated carbocycles. The molecule has 0 aliphatic rings. The monoisotopic (exact) mass is 306 g/mol. The quantitative estimate of drug-likeness (QED) is 0.855. The van der Waals surface area contributed by atoms with Crippen LogP contribution in [0.4, 0.5) is 11.4 Å². The van der Waals surface area contributed by atoms with Gasteiger partial charge in [-0.05, 0) is 48.5 Å². The highest BCUT2D eigenvalue weighted by Crippen LogP contribution is 2.21. The van der Waals surface area contributed by atoms with Crippen LogP contribution >= 0.6 is 0 Å². The summed E-state index contributed by atoms with van der Waals surface area (Å²) in [6.45, 7) is 0.965. The third-order valence-corrected chi connectivity index (χ3v) is 3.94. The highest BCUT2D eigenvalue weighted by atomic mass is 32.2. The summed E-state index contributed by atoms with van der Waals surface area (Å²) >= 11 is 0. The van der Waals surface area contributed by atoms with Gasteiger partial charge in [0.25, 0.3) is 0 Å². The lowest BCUT2D eigenvalue weighted by atomic mass is 10.2. The van der Waals surface area contributed by atoms with Crippen molar-refractivity contribution in [1.29, 1.82) is 0 Å². The van der Waals surface area contributed by atoms with Gasteiger partial charge in [-0.2, -0.15) is 0 Å². The smallest absolute Gasteiger partial charge is 0.175 e. The fourth-order valence-corrected chi connectivity index (χ4v) is 2.39. The van der Waals surface area contributed by atoms with Crippen molar-refractivity contribution in [2.75, 3.05) is 24.7 Å². The van der Waals surface area contributed by atoms with E-state index in [0.29, 0.717) is 18.0 Å². The summed E-state index contributed by atoms with van der Waals surface area (Å²) in [7, 11) is -3.16. The third kappa shape index (κ3) is 4.47. The van der Waals surface area contributed by atoms with Crippen LogP contribution in [0.5, 0.6) is 5.75 Å². The molecule has 3 N–H and O–H groups in total. The van der Waals surface area contributed by atoms with Crippen molar-refractivity contribution in [1.82, 2.24) is 0 Å². The summed E-state index contributed by atoms with van der Waals surface area (Å²) in [6, 6.07) is 14.1. The van der Waals surface area contributed by atoms with Gasteiger partial charge in [0.2, 0.25) is 0 Å². The number of anilines is 2. The molecule has 0 aliphatic heterocycles. The Morgan fingerprint density at radius 2 is 1.52 bits per heavy atom. The van der Waals surface area contributed by atoms with E-state index in [1.165, 1.54) is 6.26 Å². The fraction of sp³-hybridized carbons (Fsp3) is 0.200. The molecule has 0 heterocycles. The molecule has 0 fully saturated rings. The summed E-state index contributed by atoms with van der Waals surface area (Å²) in [4.78, 5) is 0.304. The van der Waals surface area contributed by atoms with Crippen LogP contribution in [0.25, 0.3) is 0 Å². The molecule has 0 saturated heterocycles. The van der Waals surface area contributed by atoms with E-state index < -0.39 is 9.84 Å². The van der Waals surface area contributed by atoms with E-state index in [9.17, 15) is 8.42 Å². The molecule has 0 bridgehead atoms. The summed E-state index contributed by atoms with van der Waals surface area (Å²) in [5.74, 6) is 0.762. The van der Waals surface area contributed by atoms with E-state index >= 15 is 0 Å². The van der Waals surface area contributed by atoms with Crippen molar-refractivity contribution in [3.05, 3.63) is 48.5 Å². The Morgan fingerprint density at radius 3 is 2.00 bits per heavy atom. The molecule has 0 amide bonds. The van der Waals surface area contributed by atoms with Crippen LogP contribution in [0.3, 0.4) is 0 Å². The van der Waals surface area contributed by atoms with Crippen molar-refractivity contribution in [2.45, 2.75) is 4.90 Å². The number of sulfone groups is 1. The van der Waals surface area contributed by atoms with Crippen LogP contribution in [0, 0.1) is 0 Å². The second kappa shape index (κ2) is 6.60. The fourth-order valence-electron chi connectivity index (χ4n) is 1.76. The first kappa shape index (κ1) is 15.3. The first-order chi connectivity index (χ1) is 9.99. The predicted octanol–water partition coefficient (Wildman–Crippen LogP) is 2.17. The second-order valence-corrected chi connectivity index (χ2v) is 6.60. The lowest BCUT2D eigenvalue weighted by Gasteiger charge is -2.09. The Labute approximate surface area is 124 Å². The molecular formula is C15H18N2O3S. The zero-order valence-corrected chi connectivity index (χ0v) is 12.6. The minimum absolute atomic E-state index is 0.304. The molecule has 6 heteroatoms. The summed E-state index contributed by atoms with van der Waals surface area (Å²) < 4.78 is 28.2. The molecule has 0 unspecified atom stereocenters. The number of benzene rings is 2. The summed E-state index contributed by atoms with van der Waals surface area (Å²) in [6.07, 6.45) is 1.19. The van der Waals surface area contributed by atoms with Crippen LogP contribution in [0.15, 0.2) is 53.4 Å². The van der Waals surface area contributed by atoms with Gasteiger partial charge in [-0.3, -0.25) is 0 Å². The number of nitrogens with one attached hydrogen (secondary N) is 1. The van der Waals surface area contributed by atoms with Gasteiger partial charge in [0, 0.05) is 24.2 Å². The zero-order chi connectivity index (χ0) is 15.3. The number of nitrogens with two attached hydrogens (primary N) is 1. The van der Waals surface area contributed by atoms with E-state index in [1.54, 1.807) is 24.3 Å². The number of hydrogen-bond acceptors (Lipinski definition) is 5. The molecule has 2 aromatic rings. The molecule has 5 nitrogen and oxygen atoms in total. The largest absolute Gasteiger partial charge is 0.492 e. The maximum Gasteiger partial charge on any atom is 0.175 e. The average molecular weight is 306 g/mol. The van der Waals surface area contributed by atoms with E-state index in [1.807, 2.05) is 24.3 Å². The first-order valence-corrected chi connectivity index (χ1v) is 8.38. The molecule has 0 spiro atoms. The highest BCUT2D eigenvalue weighted by molar-refractivity contribution is 7.90. The topological polar surface area (TPSA) is 81.4 Å². The molecule has 0 radical (unpaired) electrons. The average Bonchev–Trinajstić information content (AvgIpc) is 2.46. The van der Waals surface area contributed by atoms with E-state index in [2.05, 4.69) is 5.32 Å². The van der Waals surface area contributed by atoms with Crippen molar-refractivity contribution >= 4 is 21.2 Å². The summed E-state index contributed by atoms with van der Waals surface area (Å²) in [5, 5.41) is 3.19. The van der Waals surface area contributed by atoms with Crippen molar-refractivity contribution in [3.63, 3.8) is 0 Å². The highest BCUT2D eigenvalue weighted by Gasteiger charge is 2.06. The molecule has 2 aromatic carbocycles. The minimum atomic E-state index is -3.16. The predicted molar refractivity (Wildman–Crippen MR) is 83.8 cm³/mol. The maximum atomic E-state index is 11.4. The molecule has 0 aromatic heterocycles. The van der Waals surface area contributed by atoms with E-state index in [0.717, 1.165) is 17.1 Å². The SMILES string of the molecule is CS(=O)(=O)c1ccc(Nc2ccc(OCCN)cc2)cc1. The van der Waals surface area contributed by atoms with Crippen LogP contribution in [0.1, 0.15) is 0 Å². The van der Waals surface area contributed by atoms with Crippen molar-refractivity contribution < 1.29 is 13.2 Å². The Hall–Kier alpha value is -2.05. The summed E-state index contributed by atoms with van der Waals surface area (Å²) in [5.41, 5.74) is 7.08. The van der Waals surface area contributed by atoms with Crippen LogP contribution in [0.2, 0.25) is 0 Å². The van der Waals surface area contributed by atoms with Gasteiger partial charge < -0.3 is 15.8 Å². The van der Waals surface area contributed by atoms with Crippen LogP contribution < -0.4 is 15.8 Å². The lowest BCUT2D eigenvalue weighted by molar-refractivity contribution is 0.328. The third-order valence-electron chi connectivity index (χ3n) is 2.81. The Morgan fingerprint density at radius 1 is 1.00 bits per heavy atom. The standard InChI is InChI=1S/C15H18N2O3S/c1-21(18,19)15-8-4-13(5-9-15)17-12-2-6-14(7-3-12)20-11-10-16/h2-9,17H,10-11,16H2,1H3. The van der Waals surface area contributed by atoms with Gasteiger partial charge in [-0.15, -0.1) is 0 Å². The van der Waals surface area contributed by atoms with Gasteiger partial charge in [0.1, 0.15) is 12.4 Å². The normalized spacial score (nSPS) is 11.1. The molecule has 112 valence electrons. The van der Waals surface area contributed by atoms with Gasteiger partial charge >= 0.3 is 0 Å². The molecule has 0 atom stereocenters. The van der Waals surface area contributed by atoms with Gasteiger partial charge in [0.05, 0.1) is 4.90 Å². The molecular weight excluding hydrogens is 288 g/mol. The number of hydrogen-bond donors (Lipinski definition) is 2. The minimum Gasteiger partial charge on any atom is -0.492 e.